The minimum Gasteiger partial charge on any atom is -0.486 e. The number of rotatable bonds is 6. The van der Waals surface area contributed by atoms with Crippen molar-refractivity contribution < 1.29 is 32.5 Å². The van der Waals surface area contributed by atoms with Crippen LogP contribution in [0.4, 0.5) is 0 Å². The van der Waals surface area contributed by atoms with Crippen LogP contribution in [0.2, 0.25) is 0 Å². The number of aliphatic hydroxyl groups is 1. The first-order chi connectivity index (χ1) is 12.4. The molecule has 3 rings (SSSR count). The van der Waals surface area contributed by atoms with Crippen molar-refractivity contribution in [2.45, 2.75) is 11.0 Å². The molecule has 1 aliphatic rings. The van der Waals surface area contributed by atoms with E-state index in [0.717, 1.165) is 11.3 Å². The minimum absolute atomic E-state index is 0.0196. The van der Waals surface area contributed by atoms with Gasteiger partial charge in [0.1, 0.15) is 23.0 Å². The smallest absolute Gasteiger partial charge is 0.349 e. The Bertz CT molecular complexity index is 907. The second kappa shape index (κ2) is 7.62. The lowest BCUT2D eigenvalue weighted by molar-refractivity contribution is 0.0602. The molecule has 0 bridgehead atoms. The predicted octanol–water partition coefficient (Wildman–Crippen LogP) is 1.32. The lowest BCUT2D eigenvalue weighted by Crippen LogP contribution is -2.29. The molecule has 0 aliphatic carbocycles. The summed E-state index contributed by atoms with van der Waals surface area (Å²) in [5.41, 5.74) is 0.482. The summed E-state index contributed by atoms with van der Waals surface area (Å²) < 4.78 is 42.6. The van der Waals surface area contributed by atoms with E-state index in [1.807, 2.05) is 0 Å². The molecule has 2 N–H and O–H groups in total. The number of benzene rings is 1. The molecule has 0 amide bonds. The van der Waals surface area contributed by atoms with Gasteiger partial charge in [-0.1, -0.05) is 6.07 Å². The summed E-state index contributed by atoms with van der Waals surface area (Å²) in [6.45, 7) is 0.601. The van der Waals surface area contributed by atoms with Crippen molar-refractivity contribution in [3.8, 4) is 11.5 Å². The molecule has 0 spiro atoms. The Morgan fingerprint density at radius 3 is 2.77 bits per heavy atom. The average Bonchev–Trinajstić information content (AvgIpc) is 3.16. The van der Waals surface area contributed by atoms with E-state index in [4.69, 9.17) is 9.47 Å². The quantitative estimate of drug-likeness (QED) is 0.705. The maximum absolute atomic E-state index is 12.4. The Balaban J connectivity index is 1.72. The van der Waals surface area contributed by atoms with Gasteiger partial charge >= 0.3 is 5.97 Å². The number of fused-ring (bicyclic) bond motifs is 1. The first-order valence-electron chi connectivity index (χ1n) is 7.65. The molecule has 0 fully saturated rings. The molecule has 140 valence electrons. The zero-order valence-corrected chi connectivity index (χ0v) is 15.4. The summed E-state index contributed by atoms with van der Waals surface area (Å²) in [5.74, 6) is 0.350. The zero-order chi connectivity index (χ0) is 18.7. The Labute approximate surface area is 154 Å². The van der Waals surface area contributed by atoms with Gasteiger partial charge < -0.3 is 19.3 Å². The van der Waals surface area contributed by atoms with Crippen LogP contribution in [-0.4, -0.2) is 46.4 Å². The molecule has 0 saturated carbocycles. The molecule has 1 atom stereocenters. The Morgan fingerprint density at radius 2 is 2.04 bits per heavy atom. The van der Waals surface area contributed by atoms with E-state index >= 15 is 0 Å². The zero-order valence-electron chi connectivity index (χ0n) is 13.8. The lowest BCUT2D eigenvalue weighted by atomic mass is 10.1. The van der Waals surface area contributed by atoms with Crippen LogP contribution in [0, 0.1) is 0 Å². The van der Waals surface area contributed by atoms with Crippen molar-refractivity contribution >= 4 is 27.3 Å². The number of aliphatic hydroxyl groups excluding tert-OH is 1. The van der Waals surface area contributed by atoms with Crippen molar-refractivity contribution in [1.29, 1.82) is 0 Å². The number of nitrogens with one attached hydrogen (secondary N) is 1. The average molecular weight is 399 g/mol. The van der Waals surface area contributed by atoms with E-state index in [-0.39, 0.29) is 16.3 Å². The van der Waals surface area contributed by atoms with Gasteiger partial charge in [-0.15, -0.1) is 11.3 Å². The highest BCUT2D eigenvalue weighted by Gasteiger charge is 2.25. The van der Waals surface area contributed by atoms with Crippen molar-refractivity contribution in [3.05, 3.63) is 40.1 Å². The van der Waals surface area contributed by atoms with Crippen LogP contribution in [0.25, 0.3) is 0 Å². The fourth-order valence-electron chi connectivity index (χ4n) is 2.40. The summed E-state index contributed by atoms with van der Waals surface area (Å²) >= 11 is 0.969. The van der Waals surface area contributed by atoms with E-state index < -0.39 is 22.1 Å². The maximum Gasteiger partial charge on any atom is 0.349 e. The largest absolute Gasteiger partial charge is 0.486 e. The molecular formula is C16H17NO7S2. The van der Waals surface area contributed by atoms with Gasteiger partial charge in [-0.2, -0.15) is 0 Å². The van der Waals surface area contributed by atoms with Gasteiger partial charge in [0.15, 0.2) is 11.5 Å². The molecule has 1 aromatic carbocycles. The van der Waals surface area contributed by atoms with E-state index in [9.17, 15) is 18.3 Å². The van der Waals surface area contributed by atoms with Crippen LogP contribution in [0.15, 0.2) is 34.5 Å². The first-order valence-corrected chi connectivity index (χ1v) is 10.0. The van der Waals surface area contributed by atoms with Crippen LogP contribution in [0.5, 0.6) is 11.5 Å². The second-order valence-corrected chi connectivity index (χ2v) is 8.03. The third-order valence-corrected chi connectivity index (χ3v) is 6.20. The summed E-state index contributed by atoms with van der Waals surface area (Å²) in [5, 5.41) is 11.8. The highest BCUT2D eigenvalue weighted by molar-refractivity contribution is 7.89. The summed E-state index contributed by atoms with van der Waals surface area (Å²) in [4.78, 5) is 11.5. The number of sulfonamides is 1. The Morgan fingerprint density at radius 1 is 1.31 bits per heavy atom. The van der Waals surface area contributed by atoms with Gasteiger partial charge in [0, 0.05) is 6.54 Å². The molecule has 8 nitrogen and oxygen atoms in total. The standard InChI is InChI=1S/C16H17NO7S2/c1-22-16(19)15-14(4-7-25-15)26(20,21)17-9-11(18)10-2-3-12-13(8-10)24-6-5-23-12/h2-4,7-8,11,17-18H,5-6,9H2,1H3/t11-/m0/s1. The SMILES string of the molecule is COC(=O)c1sccc1S(=O)(=O)NC[C@H](O)c1ccc2c(c1)OCCO2. The highest BCUT2D eigenvalue weighted by Crippen LogP contribution is 2.32. The lowest BCUT2D eigenvalue weighted by Gasteiger charge is -2.20. The minimum atomic E-state index is -3.98. The van der Waals surface area contributed by atoms with E-state index in [2.05, 4.69) is 9.46 Å². The van der Waals surface area contributed by atoms with Crippen LogP contribution in [-0.2, 0) is 14.8 Å². The molecule has 1 aromatic heterocycles. The number of thiophene rings is 1. The molecule has 2 heterocycles. The molecule has 0 radical (unpaired) electrons. The third-order valence-electron chi connectivity index (χ3n) is 3.71. The van der Waals surface area contributed by atoms with Gasteiger partial charge in [0.25, 0.3) is 0 Å². The molecule has 2 aromatic rings. The van der Waals surface area contributed by atoms with Gasteiger partial charge in [-0.25, -0.2) is 17.9 Å². The van der Waals surface area contributed by atoms with Crippen LogP contribution in [0.3, 0.4) is 0 Å². The Kier molecular flexibility index (Phi) is 5.47. The molecule has 1 aliphatic heterocycles. The van der Waals surface area contributed by atoms with E-state index in [1.165, 1.54) is 18.6 Å². The number of esters is 1. The fraction of sp³-hybridized carbons (Fsp3) is 0.312. The summed E-state index contributed by atoms with van der Waals surface area (Å²) in [7, 11) is -2.80. The van der Waals surface area contributed by atoms with Crippen LogP contribution in [0.1, 0.15) is 21.3 Å². The van der Waals surface area contributed by atoms with Crippen molar-refractivity contribution in [1.82, 2.24) is 4.72 Å². The second-order valence-electron chi connectivity index (χ2n) is 5.38. The maximum atomic E-state index is 12.4. The summed E-state index contributed by atoms with van der Waals surface area (Å²) in [6, 6.07) is 6.22. The van der Waals surface area contributed by atoms with Gasteiger partial charge in [-0.3, -0.25) is 0 Å². The van der Waals surface area contributed by atoms with E-state index in [1.54, 1.807) is 18.2 Å². The number of carbonyl (C=O) groups excluding carboxylic acids is 1. The number of ether oxygens (including phenoxy) is 3. The Hall–Kier alpha value is -2.14. The molecule has 0 unspecified atom stereocenters. The first kappa shape index (κ1) is 18.6. The molecular weight excluding hydrogens is 382 g/mol. The molecule has 10 heteroatoms. The van der Waals surface area contributed by atoms with E-state index in [0.29, 0.717) is 30.3 Å². The third kappa shape index (κ3) is 3.83. The highest BCUT2D eigenvalue weighted by atomic mass is 32.2. The molecule has 0 saturated heterocycles. The van der Waals surface area contributed by atoms with Gasteiger partial charge in [0.05, 0.1) is 13.2 Å². The number of hydrogen-bond acceptors (Lipinski definition) is 8. The fourth-order valence-corrected chi connectivity index (χ4v) is 4.77. The van der Waals surface area contributed by atoms with Crippen molar-refractivity contribution in [2.24, 2.45) is 0 Å². The summed E-state index contributed by atoms with van der Waals surface area (Å²) in [6.07, 6.45) is -1.10. The monoisotopic (exact) mass is 399 g/mol. The van der Waals surface area contributed by atoms with Crippen LogP contribution < -0.4 is 14.2 Å². The topological polar surface area (TPSA) is 111 Å². The van der Waals surface area contributed by atoms with Crippen LogP contribution >= 0.6 is 11.3 Å². The number of carbonyl (C=O) groups is 1. The van der Waals surface area contributed by atoms with Crippen molar-refractivity contribution in [3.63, 3.8) is 0 Å². The normalized spacial score (nSPS) is 14.7. The van der Waals surface area contributed by atoms with Crippen molar-refractivity contribution in [2.75, 3.05) is 26.9 Å². The predicted molar refractivity (Wildman–Crippen MR) is 93.2 cm³/mol. The molecule has 26 heavy (non-hydrogen) atoms. The number of methoxy groups -OCH3 is 1. The van der Waals surface area contributed by atoms with Gasteiger partial charge in [0.2, 0.25) is 10.0 Å². The van der Waals surface area contributed by atoms with Gasteiger partial charge in [-0.05, 0) is 29.1 Å². The number of hydrogen-bond donors (Lipinski definition) is 2.